The van der Waals surface area contributed by atoms with Gasteiger partial charge in [-0.05, 0) is 66.8 Å². The number of nitrogens with one attached hydrogen (secondary N) is 3. The molecule has 5 rings (SSSR count). The molecule has 0 unspecified atom stereocenters. The summed E-state index contributed by atoms with van der Waals surface area (Å²) >= 11 is 0. The van der Waals surface area contributed by atoms with Crippen molar-refractivity contribution >= 4 is 40.7 Å². The molecule has 0 radical (unpaired) electrons. The van der Waals surface area contributed by atoms with Crippen LogP contribution in [0.1, 0.15) is 57.7 Å². The minimum atomic E-state index is -0.927. The van der Waals surface area contributed by atoms with Gasteiger partial charge in [-0.15, -0.1) is 0 Å². The number of ether oxygens (including phenoxy) is 1. The molecule has 0 bridgehead atoms. The Bertz CT molecular complexity index is 1380. The summed E-state index contributed by atoms with van der Waals surface area (Å²) < 4.78 is 5.20. The van der Waals surface area contributed by atoms with Crippen LogP contribution in [0, 0.1) is 0 Å². The number of H-pyrrole nitrogens is 1. The maximum absolute atomic E-state index is 12.9. The lowest BCUT2D eigenvalue weighted by molar-refractivity contribution is -0.137. The van der Waals surface area contributed by atoms with Crippen molar-refractivity contribution in [1.82, 2.24) is 4.98 Å². The zero-order chi connectivity index (χ0) is 25.2. The van der Waals surface area contributed by atoms with Crippen molar-refractivity contribution in [3.8, 4) is 5.75 Å². The number of amides is 1. The van der Waals surface area contributed by atoms with Gasteiger partial charge in [0.15, 0.2) is 5.78 Å². The Morgan fingerprint density at radius 2 is 1.94 bits per heavy atom. The first-order valence-electron chi connectivity index (χ1n) is 12.0. The van der Waals surface area contributed by atoms with Gasteiger partial charge in [0, 0.05) is 53.3 Å². The molecule has 2 aromatic carbocycles. The summed E-state index contributed by atoms with van der Waals surface area (Å²) in [5, 5.41) is 15.5. The molecule has 1 aliphatic heterocycles. The predicted octanol–water partition coefficient (Wildman–Crippen LogP) is 4.66. The zero-order valence-electron chi connectivity index (χ0n) is 19.9. The first-order chi connectivity index (χ1) is 17.4. The first-order valence-corrected chi connectivity index (χ1v) is 12.0. The number of hydrogen-bond acceptors (Lipinski definition) is 5. The van der Waals surface area contributed by atoms with Gasteiger partial charge in [0.1, 0.15) is 5.75 Å². The van der Waals surface area contributed by atoms with Gasteiger partial charge in [0.05, 0.1) is 12.7 Å². The van der Waals surface area contributed by atoms with Crippen molar-refractivity contribution < 1.29 is 24.2 Å². The highest BCUT2D eigenvalue weighted by atomic mass is 16.5. The number of aryl methyl sites for hydroxylation is 1. The number of rotatable bonds is 8. The van der Waals surface area contributed by atoms with Crippen LogP contribution < -0.4 is 15.4 Å². The highest BCUT2D eigenvalue weighted by Crippen LogP contribution is 2.37. The van der Waals surface area contributed by atoms with Crippen LogP contribution in [0.5, 0.6) is 5.75 Å². The third-order valence-electron chi connectivity index (χ3n) is 6.66. The van der Waals surface area contributed by atoms with E-state index in [1.165, 1.54) is 0 Å². The number of aliphatic carboxylic acids is 1. The number of methoxy groups -OCH3 is 1. The smallest absolute Gasteiger partial charge is 0.303 e. The fourth-order valence-electron chi connectivity index (χ4n) is 4.84. The van der Waals surface area contributed by atoms with E-state index < -0.39 is 5.97 Å². The van der Waals surface area contributed by atoms with E-state index in [0.29, 0.717) is 41.0 Å². The fraction of sp³-hybridized carbons (Fsp3) is 0.250. The van der Waals surface area contributed by atoms with Crippen molar-refractivity contribution in [1.29, 1.82) is 0 Å². The van der Waals surface area contributed by atoms with Crippen molar-refractivity contribution in [2.75, 3.05) is 17.7 Å². The Balaban J connectivity index is 1.45. The Morgan fingerprint density at radius 1 is 1.14 bits per heavy atom. The van der Waals surface area contributed by atoms with Gasteiger partial charge in [0.2, 0.25) is 0 Å². The molecule has 0 atom stereocenters. The van der Waals surface area contributed by atoms with E-state index in [2.05, 4.69) is 15.6 Å². The minimum Gasteiger partial charge on any atom is -0.497 e. The number of aromatic amines is 1. The van der Waals surface area contributed by atoms with Crippen LogP contribution in [0.25, 0.3) is 11.6 Å². The molecule has 0 spiro atoms. The lowest BCUT2D eigenvalue weighted by Gasteiger charge is -2.11. The van der Waals surface area contributed by atoms with Gasteiger partial charge in [-0.3, -0.25) is 14.4 Å². The summed E-state index contributed by atoms with van der Waals surface area (Å²) in [6, 6.07) is 13.5. The van der Waals surface area contributed by atoms with Gasteiger partial charge in [-0.2, -0.15) is 0 Å². The quantitative estimate of drug-likeness (QED) is 0.344. The van der Waals surface area contributed by atoms with E-state index in [1.807, 2.05) is 42.5 Å². The van der Waals surface area contributed by atoms with Crippen molar-refractivity contribution in [3.63, 3.8) is 0 Å². The van der Waals surface area contributed by atoms with E-state index in [4.69, 9.17) is 4.74 Å². The van der Waals surface area contributed by atoms with Gasteiger partial charge < -0.3 is 25.5 Å². The van der Waals surface area contributed by atoms with Gasteiger partial charge in [-0.1, -0.05) is 12.1 Å². The summed E-state index contributed by atoms with van der Waals surface area (Å²) in [6.45, 7) is 0.605. The summed E-state index contributed by atoms with van der Waals surface area (Å²) in [6.07, 6.45) is 3.82. The second-order valence-corrected chi connectivity index (χ2v) is 9.02. The Morgan fingerprint density at radius 3 is 2.69 bits per heavy atom. The largest absolute Gasteiger partial charge is 0.497 e. The van der Waals surface area contributed by atoms with Crippen LogP contribution in [0.4, 0.5) is 11.4 Å². The van der Waals surface area contributed by atoms with E-state index in [-0.39, 0.29) is 24.5 Å². The SMILES string of the molecule is COc1ccc(CNc2ccc3c(c2)/C(=C/c2[nH]c4c(c2CCC(=O)O)C(=O)CCC4)C(=O)N3)cc1. The van der Waals surface area contributed by atoms with E-state index in [0.717, 1.165) is 41.1 Å². The number of anilines is 2. The molecule has 184 valence electrons. The fourth-order valence-corrected chi connectivity index (χ4v) is 4.84. The maximum atomic E-state index is 12.9. The predicted molar refractivity (Wildman–Crippen MR) is 137 cm³/mol. The zero-order valence-corrected chi connectivity index (χ0v) is 19.9. The number of fused-ring (bicyclic) bond motifs is 2. The van der Waals surface area contributed by atoms with Crippen molar-refractivity contribution in [2.24, 2.45) is 0 Å². The molecule has 4 N–H and O–H groups in total. The molecule has 2 heterocycles. The van der Waals surface area contributed by atoms with Crippen LogP contribution in [0.3, 0.4) is 0 Å². The third kappa shape index (κ3) is 4.62. The molecular weight excluding hydrogens is 458 g/mol. The number of aromatic nitrogens is 1. The summed E-state index contributed by atoms with van der Waals surface area (Å²) in [4.78, 5) is 40.1. The second kappa shape index (κ2) is 9.73. The molecule has 1 aromatic heterocycles. The van der Waals surface area contributed by atoms with Gasteiger partial charge in [0.25, 0.3) is 5.91 Å². The third-order valence-corrected chi connectivity index (χ3v) is 6.66. The number of carboxylic acid groups (broad SMARTS) is 1. The molecule has 1 aliphatic carbocycles. The number of Topliss-reactive ketones (excluding diaryl/α,β-unsaturated/α-hetero) is 1. The summed E-state index contributed by atoms with van der Waals surface area (Å²) in [5.74, 6) is -0.339. The van der Waals surface area contributed by atoms with Crippen LogP contribution in [-0.2, 0) is 29.0 Å². The highest BCUT2D eigenvalue weighted by Gasteiger charge is 2.29. The average Bonchev–Trinajstić information content (AvgIpc) is 3.39. The summed E-state index contributed by atoms with van der Waals surface area (Å²) in [5.41, 5.74) is 6.62. The normalized spacial score (nSPS) is 15.4. The molecule has 0 saturated heterocycles. The second-order valence-electron chi connectivity index (χ2n) is 9.02. The topological polar surface area (TPSA) is 121 Å². The van der Waals surface area contributed by atoms with E-state index in [1.54, 1.807) is 13.2 Å². The van der Waals surface area contributed by atoms with Crippen LogP contribution in [0.2, 0.25) is 0 Å². The Labute approximate surface area is 208 Å². The molecule has 8 nitrogen and oxygen atoms in total. The minimum absolute atomic E-state index is 0.0267. The molecule has 8 heteroatoms. The Hall–Kier alpha value is -4.33. The molecule has 3 aromatic rings. The molecule has 1 amide bonds. The average molecular weight is 486 g/mol. The lowest BCUT2D eigenvalue weighted by atomic mass is 9.91. The van der Waals surface area contributed by atoms with E-state index in [9.17, 15) is 19.5 Å². The number of carbonyl (C=O) groups excluding carboxylic acids is 2. The number of hydrogen-bond donors (Lipinski definition) is 4. The van der Waals surface area contributed by atoms with Crippen LogP contribution in [0.15, 0.2) is 42.5 Å². The highest BCUT2D eigenvalue weighted by molar-refractivity contribution is 6.35. The standard InChI is InChI=1S/C28H27N3O5/c1-36-18-8-5-16(6-9-18)15-29-17-7-11-22-20(13-17)21(28(35)31-22)14-24-19(10-12-26(33)34)27-23(30-24)3-2-4-25(27)32/h5-9,11,13-14,29-30H,2-4,10,12,15H2,1H3,(H,31,35)(H,33,34)/b21-14-. The first kappa shape index (κ1) is 23.4. The number of ketones is 1. The number of carbonyl (C=O) groups is 3. The van der Waals surface area contributed by atoms with Crippen molar-refractivity contribution in [2.45, 2.75) is 38.6 Å². The number of benzene rings is 2. The summed E-state index contributed by atoms with van der Waals surface area (Å²) in [7, 11) is 1.63. The monoisotopic (exact) mass is 485 g/mol. The number of carboxylic acids is 1. The lowest BCUT2D eigenvalue weighted by Crippen LogP contribution is -2.11. The molecular formula is C28H27N3O5. The van der Waals surface area contributed by atoms with Gasteiger partial charge in [-0.25, -0.2) is 0 Å². The van der Waals surface area contributed by atoms with E-state index >= 15 is 0 Å². The van der Waals surface area contributed by atoms with Gasteiger partial charge >= 0.3 is 5.97 Å². The maximum Gasteiger partial charge on any atom is 0.303 e. The van der Waals surface area contributed by atoms with Crippen molar-refractivity contribution in [3.05, 3.63) is 76.1 Å². The van der Waals surface area contributed by atoms with Crippen LogP contribution in [-0.4, -0.2) is 34.9 Å². The molecule has 36 heavy (non-hydrogen) atoms. The molecule has 0 saturated carbocycles. The Kier molecular flexibility index (Phi) is 6.33. The van der Waals surface area contributed by atoms with Crippen LogP contribution >= 0.6 is 0 Å². The molecule has 0 fully saturated rings. The molecule has 2 aliphatic rings.